The highest BCUT2D eigenvalue weighted by molar-refractivity contribution is 5.87. The Morgan fingerprint density at radius 2 is 1.25 bits per heavy atom. The van der Waals surface area contributed by atoms with Gasteiger partial charge in [-0.3, -0.25) is 0 Å². The smallest absolute Gasteiger partial charge is 0.0452 e. The highest BCUT2D eigenvalue weighted by Gasteiger charge is 2.44. The first kappa shape index (κ1) is 19.1. The molecular formula is C32H26. The van der Waals surface area contributed by atoms with Crippen molar-refractivity contribution in [3.8, 4) is 0 Å². The molecule has 0 saturated carbocycles. The first-order valence-electron chi connectivity index (χ1n) is 11.5. The van der Waals surface area contributed by atoms with E-state index < -0.39 is 0 Å². The molecule has 0 spiro atoms. The normalized spacial score (nSPS) is 19.2. The minimum atomic E-state index is -0.185. The van der Waals surface area contributed by atoms with Crippen LogP contribution in [0.3, 0.4) is 0 Å². The molecule has 154 valence electrons. The molecule has 4 aromatic rings. The van der Waals surface area contributed by atoms with Crippen LogP contribution in [0.25, 0.3) is 5.57 Å². The summed E-state index contributed by atoms with van der Waals surface area (Å²) in [7, 11) is 0. The Morgan fingerprint density at radius 1 is 0.625 bits per heavy atom. The Kier molecular flexibility index (Phi) is 4.47. The molecule has 0 fully saturated rings. The predicted octanol–water partition coefficient (Wildman–Crippen LogP) is 7.53. The summed E-state index contributed by atoms with van der Waals surface area (Å²) in [5.41, 5.74) is 12.4. The summed E-state index contributed by atoms with van der Waals surface area (Å²) in [5, 5.41) is 0. The Balaban J connectivity index is 1.58. The van der Waals surface area contributed by atoms with E-state index in [0.717, 1.165) is 19.3 Å². The predicted molar refractivity (Wildman–Crippen MR) is 134 cm³/mol. The van der Waals surface area contributed by atoms with Crippen molar-refractivity contribution in [1.29, 1.82) is 0 Å². The highest BCUT2D eigenvalue weighted by Crippen LogP contribution is 2.53. The molecule has 0 radical (unpaired) electrons. The minimum Gasteiger partial charge on any atom is -0.0983 e. The zero-order chi connectivity index (χ0) is 21.5. The fourth-order valence-electron chi connectivity index (χ4n) is 5.93. The van der Waals surface area contributed by atoms with Crippen LogP contribution in [0.15, 0.2) is 127 Å². The zero-order valence-corrected chi connectivity index (χ0v) is 18.2. The summed E-state index contributed by atoms with van der Waals surface area (Å²) in [6.07, 6.45) is 2.92. The molecule has 0 aromatic heterocycles. The number of benzene rings is 4. The second-order valence-corrected chi connectivity index (χ2v) is 9.06. The maximum absolute atomic E-state index is 4.67. The van der Waals surface area contributed by atoms with E-state index in [1.807, 2.05) is 0 Å². The molecule has 0 nitrogen and oxygen atoms in total. The summed E-state index contributed by atoms with van der Waals surface area (Å²) in [6, 6.07) is 39.8. The van der Waals surface area contributed by atoms with Gasteiger partial charge in [-0.25, -0.2) is 0 Å². The lowest BCUT2D eigenvalue weighted by Crippen LogP contribution is -2.27. The molecule has 1 atom stereocenters. The van der Waals surface area contributed by atoms with Crippen molar-refractivity contribution in [3.05, 3.63) is 160 Å². The monoisotopic (exact) mass is 410 g/mol. The SMILES string of the molecule is C=C1Cc2ccccc2C1(CC1=C(c2ccccc2)c2ccccc2C1)c1ccccc1. The summed E-state index contributed by atoms with van der Waals surface area (Å²) >= 11 is 0. The van der Waals surface area contributed by atoms with Crippen LogP contribution in [0.4, 0.5) is 0 Å². The van der Waals surface area contributed by atoms with Crippen molar-refractivity contribution in [2.75, 3.05) is 0 Å². The van der Waals surface area contributed by atoms with Crippen LogP contribution in [0.2, 0.25) is 0 Å². The van der Waals surface area contributed by atoms with E-state index in [4.69, 9.17) is 0 Å². The molecule has 6 rings (SSSR count). The summed E-state index contributed by atoms with van der Waals surface area (Å²) in [4.78, 5) is 0. The number of hydrogen-bond acceptors (Lipinski definition) is 0. The average Bonchev–Trinajstić information content (AvgIpc) is 3.35. The van der Waals surface area contributed by atoms with Gasteiger partial charge in [0.25, 0.3) is 0 Å². The molecule has 2 aliphatic carbocycles. The molecule has 4 aromatic carbocycles. The average molecular weight is 411 g/mol. The van der Waals surface area contributed by atoms with Gasteiger partial charge in [0, 0.05) is 5.41 Å². The van der Waals surface area contributed by atoms with Crippen LogP contribution >= 0.6 is 0 Å². The summed E-state index contributed by atoms with van der Waals surface area (Å²) in [6.45, 7) is 4.67. The fraction of sp³-hybridized carbons (Fsp3) is 0.125. The molecule has 32 heavy (non-hydrogen) atoms. The quantitative estimate of drug-likeness (QED) is 0.305. The number of fused-ring (bicyclic) bond motifs is 2. The Bertz CT molecular complexity index is 1340. The van der Waals surface area contributed by atoms with E-state index in [2.05, 4.69) is 116 Å². The lowest BCUT2D eigenvalue weighted by molar-refractivity contribution is 0.609. The van der Waals surface area contributed by atoms with Crippen molar-refractivity contribution in [3.63, 3.8) is 0 Å². The molecule has 1 unspecified atom stereocenters. The van der Waals surface area contributed by atoms with Crippen molar-refractivity contribution in [1.82, 2.24) is 0 Å². The molecule has 2 aliphatic rings. The third kappa shape index (κ3) is 2.83. The maximum atomic E-state index is 4.67. The van der Waals surface area contributed by atoms with Crippen LogP contribution in [0, 0.1) is 0 Å². The van der Waals surface area contributed by atoms with Gasteiger partial charge >= 0.3 is 0 Å². The topological polar surface area (TPSA) is 0 Å². The third-order valence-electron chi connectivity index (χ3n) is 7.34. The Hall–Kier alpha value is -3.64. The Labute approximate surface area is 190 Å². The van der Waals surface area contributed by atoms with E-state index in [1.165, 1.54) is 50.1 Å². The van der Waals surface area contributed by atoms with Crippen LogP contribution in [-0.4, -0.2) is 0 Å². The van der Waals surface area contributed by atoms with Crippen molar-refractivity contribution >= 4 is 5.57 Å². The first-order valence-corrected chi connectivity index (χ1v) is 11.5. The third-order valence-corrected chi connectivity index (χ3v) is 7.34. The largest absolute Gasteiger partial charge is 0.0983 e. The van der Waals surface area contributed by atoms with Crippen molar-refractivity contribution in [2.24, 2.45) is 0 Å². The van der Waals surface area contributed by atoms with Gasteiger partial charge < -0.3 is 0 Å². The van der Waals surface area contributed by atoms with E-state index >= 15 is 0 Å². The van der Waals surface area contributed by atoms with Gasteiger partial charge in [-0.2, -0.15) is 0 Å². The fourth-order valence-corrected chi connectivity index (χ4v) is 5.93. The second kappa shape index (κ2) is 7.50. The van der Waals surface area contributed by atoms with E-state index in [1.54, 1.807) is 0 Å². The molecule has 0 heterocycles. The van der Waals surface area contributed by atoms with Crippen molar-refractivity contribution in [2.45, 2.75) is 24.7 Å². The minimum absolute atomic E-state index is 0.185. The second-order valence-electron chi connectivity index (χ2n) is 9.06. The lowest BCUT2D eigenvalue weighted by Gasteiger charge is -2.34. The lowest BCUT2D eigenvalue weighted by atomic mass is 9.68. The molecule has 0 amide bonds. The van der Waals surface area contributed by atoms with Gasteiger partial charge in [0.2, 0.25) is 0 Å². The van der Waals surface area contributed by atoms with Gasteiger partial charge in [-0.15, -0.1) is 0 Å². The zero-order valence-electron chi connectivity index (χ0n) is 18.2. The van der Waals surface area contributed by atoms with Crippen LogP contribution in [-0.2, 0) is 18.3 Å². The molecule has 0 aliphatic heterocycles. The van der Waals surface area contributed by atoms with Crippen LogP contribution in [0.5, 0.6) is 0 Å². The van der Waals surface area contributed by atoms with Gasteiger partial charge in [0.15, 0.2) is 0 Å². The van der Waals surface area contributed by atoms with Gasteiger partial charge in [0.05, 0.1) is 0 Å². The molecular weight excluding hydrogens is 384 g/mol. The van der Waals surface area contributed by atoms with Crippen molar-refractivity contribution < 1.29 is 0 Å². The summed E-state index contributed by atoms with van der Waals surface area (Å²) in [5.74, 6) is 0. The van der Waals surface area contributed by atoms with Gasteiger partial charge in [-0.1, -0.05) is 127 Å². The highest BCUT2D eigenvalue weighted by atomic mass is 14.5. The Morgan fingerprint density at radius 3 is 2.03 bits per heavy atom. The van der Waals surface area contributed by atoms with E-state index in [-0.39, 0.29) is 5.41 Å². The maximum Gasteiger partial charge on any atom is 0.0452 e. The van der Waals surface area contributed by atoms with Crippen LogP contribution < -0.4 is 0 Å². The molecule has 0 bridgehead atoms. The summed E-state index contributed by atoms with van der Waals surface area (Å²) < 4.78 is 0. The molecule has 0 heteroatoms. The number of allylic oxidation sites excluding steroid dienone is 2. The molecule has 0 N–H and O–H groups in total. The number of rotatable bonds is 4. The van der Waals surface area contributed by atoms with E-state index in [9.17, 15) is 0 Å². The van der Waals surface area contributed by atoms with Crippen LogP contribution in [0.1, 0.15) is 39.8 Å². The molecule has 0 saturated heterocycles. The van der Waals surface area contributed by atoms with Gasteiger partial charge in [-0.05, 0) is 58.2 Å². The number of hydrogen-bond donors (Lipinski definition) is 0. The van der Waals surface area contributed by atoms with E-state index in [0.29, 0.717) is 0 Å². The standard InChI is InChI=1S/C32H26/c1-23-20-26-15-9-11-19-30(26)32(23,28-16-6-3-7-17-28)22-27-21-25-14-8-10-18-29(25)31(27)24-12-4-2-5-13-24/h2-19H,1,20-22H2. The van der Waals surface area contributed by atoms with Gasteiger partial charge in [0.1, 0.15) is 0 Å². The first-order chi connectivity index (χ1) is 15.8.